The van der Waals surface area contributed by atoms with Gasteiger partial charge in [-0.2, -0.15) is 0 Å². The van der Waals surface area contributed by atoms with Gasteiger partial charge in [0.05, 0.1) is 12.6 Å². The number of anilines is 1. The summed E-state index contributed by atoms with van der Waals surface area (Å²) >= 11 is 0. The SMILES string of the molecule is CCc1cccc(NC(=O)CNC(c2ccccc2)c2ccccc2)c1. The van der Waals surface area contributed by atoms with Crippen molar-refractivity contribution >= 4 is 11.6 Å². The lowest BCUT2D eigenvalue weighted by atomic mass is 9.99. The highest BCUT2D eigenvalue weighted by Gasteiger charge is 2.14. The number of hydrogen-bond donors (Lipinski definition) is 2. The smallest absolute Gasteiger partial charge is 0.238 e. The van der Waals surface area contributed by atoms with E-state index in [1.54, 1.807) is 0 Å². The van der Waals surface area contributed by atoms with Crippen LogP contribution in [0, 0.1) is 0 Å². The minimum absolute atomic E-state index is 0.0230. The molecule has 3 aromatic carbocycles. The molecule has 0 radical (unpaired) electrons. The topological polar surface area (TPSA) is 41.1 Å². The zero-order valence-electron chi connectivity index (χ0n) is 15.0. The zero-order chi connectivity index (χ0) is 18.2. The van der Waals surface area contributed by atoms with Crippen molar-refractivity contribution in [2.45, 2.75) is 19.4 Å². The summed E-state index contributed by atoms with van der Waals surface area (Å²) in [6.45, 7) is 2.34. The third-order valence-corrected chi connectivity index (χ3v) is 4.35. The Bertz CT molecular complexity index is 792. The summed E-state index contributed by atoms with van der Waals surface area (Å²) in [5.41, 5.74) is 4.33. The molecule has 0 heterocycles. The Balaban J connectivity index is 1.68. The van der Waals surface area contributed by atoms with Crippen LogP contribution in [0.3, 0.4) is 0 Å². The number of carbonyl (C=O) groups is 1. The lowest BCUT2D eigenvalue weighted by molar-refractivity contribution is -0.115. The van der Waals surface area contributed by atoms with E-state index in [1.165, 1.54) is 5.56 Å². The fourth-order valence-electron chi connectivity index (χ4n) is 2.99. The number of carbonyl (C=O) groups excluding carboxylic acids is 1. The maximum absolute atomic E-state index is 12.4. The average molecular weight is 344 g/mol. The Labute approximate surface area is 155 Å². The summed E-state index contributed by atoms with van der Waals surface area (Å²) < 4.78 is 0. The van der Waals surface area contributed by atoms with Crippen molar-refractivity contribution in [2.24, 2.45) is 0 Å². The second kappa shape index (κ2) is 8.97. The van der Waals surface area contributed by atoms with E-state index in [0.29, 0.717) is 0 Å². The lowest BCUT2D eigenvalue weighted by Crippen LogP contribution is -2.31. The van der Waals surface area contributed by atoms with E-state index >= 15 is 0 Å². The summed E-state index contributed by atoms with van der Waals surface area (Å²) in [6.07, 6.45) is 0.950. The molecule has 3 rings (SSSR count). The predicted molar refractivity (Wildman–Crippen MR) is 107 cm³/mol. The molecule has 0 aromatic heterocycles. The second-order valence-corrected chi connectivity index (χ2v) is 6.24. The molecule has 0 aliphatic rings. The monoisotopic (exact) mass is 344 g/mol. The normalized spacial score (nSPS) is 10.7. The summed E-state index contributed by atoms with van der Waals surface area (Å²) in [7, 11) is 0. The van der Waals surface area contributed by atoms with Crippen molar-refractivity contribution < 1.29 is 4.79 Å². The molecule has 0 fully saturated rings. The van der Waals surface area contributed by atoms with Gasteiger partial charge in [-0.05, 0) is 35.2 Å². The fourth-order valence-corrected chi connectivity index (χ4v) is 2.99. The molecule has 0 aliphatic carbocycles. The number of rotatable bonds is 7. The van der Waals surface area contributed by atoms with Crippen LogP contribution in [0.4, 0.5) is 5.69 Å². The van der Waals surface area contributed by atoms with E-state index in [4.69, 9.17) is 0 Å². The lowest BCUT2D eigenvalue weighted by Gasteiger charge is -2.19. The number of aryl methyl sites for hydroxylation is 1. The summed E-state index contributed by atoms with van der Waals surface area (Å²) in [5.74, 6) is -0.0462. The Morgan fingerprint density at radius 3 is 2.04 bits per heavy atom. The first-order valence-electron chi connectivity index (χ1n) is 8.98. The van der Waals surface area contributed by atoms with Crippen LogP contribution in [0.2, 0.25) is 0 Å². The molecule has 0 atom stereocenters. The van der Waals surface area contributed by atoms with E-state index < -0.39 is 0 Å². The highest BCUT2D eigenvalue weighted by atomic mass is 16.1. The Hall–Kier alpha value is -2.91. The first kappa shape index (κ1) is 17.9. The molecule has 3 nitrogen and oxygen atoms in total. The molecular formula is C23H24N2O. The van der Waals surface area contributed by atoms with Gasteiger partial charge in [0.15, 0.2) is 0 Å². The maximum Gasteiger partial charge on any atom is 0.238 e. The van der Waals surface area contributed by atoms with Crippen molar-refractivity contribution in [1.29, 1.82) is 0 Å². The van der Waals surface area contributed by atoms with E-state index in [9.17, 15) is 4.79 Å². The first-order chi connectivity index (χ1) is 12.8. The molecule has 3 heteroatoms. The standard InChI is InChI=1S/C23H24N2O/c1-2-18-10-9-15-21(16-18)25-22(26)17-24-23(19-11-5-3-6-12-19)20-13-7-4-8-14-20/h3-16,23-24H,2,17H2,1H3,(H,25,26). The molecule has 132 valence electrons. The first-order valence-corrected chi connectivity index (χ1v) is 8.98. The zero-order valence-corrected chi connectivity index (χ0v) is 15.0. The van der Waals surface area contributed by atoms with Crippen LogP contribution in [0.5, 0.6) is 0 Å². The highest BCUT2D eigenvalue weighted by Crippen LogP contribution is 2.21. The van der Waals surface area contributed by atoms with Gasteiger partial charge in [0.1, 0.15) is 0 Å². The summed E-state index contributed by atoms with van der Waals surface area (Å²) in [5, 5.41) is 6.36. The van der Waals surface area contributed by atoms with Gasteiger partial charge in [-0.25, -0.2) is 0 Å². The van der Waals surface area contributed by atoms with E-state index in [2.05, 4.69) is 47.9 Å². The van der Waals surface area contributed by atoms with Crippen molar-refractivity contribution in [3.8, 4) is 0 Å². The van der Waals surface area contributed by atoms with Crippen LogP contribution < -0.4 is 10.6 Å². The minimum Gasteiger partial charge on any atom is -0.325 e. The number of amides is 1. The van der Waals surface area contributed by atoms with Crippen LogP contribution in [-0.4, -0.2) is 12.5 Å². The molecule has 0 unspecified atom stereocenters. The number of benzene rings is 3. The maximum atomic E-state index is 12.4. The molecule has 3 aromatic rings. The van der Waals surface area contributed by atoms with Crippen LogP contribution in [-0.2, 0) is 11.2 Å². The number of nitrogens with one attached hydrogen (secondary N) is 2. The van der Waals surface area contributed by atoms with Gasteiger partial charge >= 0.3 is 0 Å². The van der Waals surface area contributed by atoms with Gasteiger partial charge in [0.2, 0.25) is 5.91 Å². The molecule has 0 saturated heterocycles. The van der Waals surface area contributed by atoms with Gasteiger partial charge in [-0.15, -0.1) is 0 Å². The number of hydrogen-bond acceptors (Lipinski definition) is 2. The van der Waals surface area contributed by atoms with Crippen LogP contribution in [0.1, 0.15) is 29.7 Å². The Morgan fingerprint density at radius 2 is 1.46 bits per heavy atom. The minimum atomic E-state index is -0.0462. The van der Waals surface area contributed by atoms with Crippen molar-refractivity contribution in [3.63, 3.8) is 0 Å². The van der Waals surface area contributed by atoms with Crippen molar-refractivity contribution in [3.05, 3.63) is 102 Å². The molecule has 0 saturated carbocycles. The predicted octanol–water partition coefficient (Wildman–Crippen LogP) is 4.57. The van der Waals surface area contributed by atoms with Crippen LogP contribution in [0.25, 0.3) is 0 Å². The molecule has 1 amide bonds. The van der Waals surface area contributed by atoms with Gasteiger partial charge in [0, 0.05) is 5.69 Å². The molecule has 0 aliphatic heterocycles. The average Bonchev–Trinajstić information content (AvgIpc) is 2.70. The molecule has 0 bridgehead atoms. The quantitative estimate of drug-likeness (QED) is 0.659. The molecule has 0 spiro atoms. The van der Waals surface area contributed by atoms with Crippen molar-refractivity contribution in [2.75, 3.05) is 11.9 Å². The second-order valence-electron chi connectivity index (χ2n) is 6.24. The summed E-state index contributed by atoms with van der Waals surface area (Å²) in [6, 6.07) is 28.3. The fraction of sp³-hybridized carbons (Fsp3) is 0.174. The van der Waals surface area contributed by atoms with E-state index in [-0.39, 0.29) is 18.5 Å². The molecule has 26 heavy (non-hydrogen) atoms. The third kappa shape index (κ3) is 4.80. The van der Waals surface area contributed by atoms with E-state index in [0.717, 1.165) is 23.2 Å². The van der Waals surface area contributed by atoms with Crippen LogP contribution >= 0.6 is 0 Å². The van der Waals surface area contributed by atoms with Gasteiger partial charge < -0.3 is 5.32 Å². The van der Waals surface area contributed by atoms with Gasteiger partial charge in [0.25, 0.3) is 0 Å². The third-order valence-electron chi connectivity index (χ3n) is 4.35. The van der Waals surface area contributed by atoms with Gasteiger partial charge in [-0.3, -0.25) is 10.1 Å². The molecule has 2 N–H and O–H groups in total. The largest absolute Gasteiger partial charge is 0.325 e. The van der Waals surface area contributed by atoms with Crippen molar-refractivity contribution in [1.82, 2.24) is 5.32 Å². The summed E-state index contributed by atoms with van der Waals surface area (Å²) in [4.78, 5) is 12.4. The molecular weight excluding hydrogens is 320 g/mol. The Kier molecular flexibility index (Phi) is 6.18. The van der Waals surface area contributed by atoms with E-state index in [1.807, 2.05) is 54.6 Å². The highest BCUT2D eigenvalue weighted by molar-refractivity contribution is 5.92. The van der Waals surface area contributed by atoms with Crippen LogP contribution in [0.15, 0.2) is 84.9 Å². The Morgan fingerprint density at radius 1 is 0.846 bits per heavy atom. The van der Waals surface area contributed by atoms with Gasteiger partial charge in [-0.1, -0.05) is 79.7 Å².